The van der Waals surface area contributed by atoms with Crippen molar-refractivity contribution < 1.29 is 0 Å². The van der Waals surface area contributed by atoms with Gasteiger partial charge in [0.2, 0.25) is 0 Å². The second-order valence-electron chi connectivity index (χ2n) is 13.3. The van der Waals surface area contributed by atoms with Crippen LogP contribution in [0.3, 0.4) is 0 Å². The summed E-state index contributed by atoms with van der Waals surface area (Å²) in [5.74, 6) is 0.319. The zero-order chi connectivity index (χ0) is 28.7. The molecule has 0 saturated carbocycles. The van der Waals surface area contributed by atoms with Gasteiger partial charge in [-0.3, -0.25) is 0 Å². The summed E-state index contributed by atoms with van der Waals surface area (Å²) < 4.78 is 5.03. The fourth-order valence-corrected chi connectivity index (χ4v) is 9.78. The Kier molecular flexibility index (Phi) is 3.37. The maximum atomic E-state index is 2.67. The average Bonchev–Trinajstić information content (AvgIpc) is 3.91. The molecule has 0 radical (unpaired) electrons. The van der Waals surface area contributed by atoms with Crippen LogP contribution in [0.25, 0.3) is 81.8 Å². The van der Waals surface area contributed by atoms with E-state index in [2.05, 4.69) is 141 Å². The molecule has 45 heavy (non-hydrogen) atoms. The van der Waals surface area contributed by atoms with Crippen molar-refractivity contribution in [2.45, 2.75) is 12.0 Å². The lowest BCUT2D eigenvalue weighted by atomic mass is 9.84. The highest BCUT2D eigenvalue weighted by atomic mass is 15.2. The van der Waals surface area contributed by atoms with Gasteiger partial charge in [0.25, 0.3) is 0 Å². The first-order chi connectivity index (χ1) is 22.3. The Morgan fingerprint density at radius 1 is 0.467 bits per heavy atom. The van der Waals surface area contributed by atoms with Crippen molar-refractivity contribution in [2.24, 2.45) is 0 Å². The minimum Gasteiger partial charge on any atom is -0.332 e. The van der Waals surface area contributed by atoms with E-state index in [1.165, 1.54) is 104 Å². The molecular weight excluding hydrogens is 546 g/mol. The molecule has 4 aromatic heterocycles. The molecule has 2 aliphatic heterocycles. The zero-order valence-corrected chi connectivity index (χ0v) is 24.1. The molecule has 3 heteroatoms. The van der Waals surface area contributed by atoms with E-state index in [-0.39, 0.29) is 0 Å². The van der Waals surface area contributed by atoms with E-state index in [9.17, 15) is 0 Å². The van der Waals surface area contributed by atoms with Gasteiger partial charge < -0.3 is 13.7 Å². The summed E-state index contributed by atoms with van der Waals surface area (Å²) >= 11 is 0. The SMILES string of the molecule is C1=CC2c3cc4c(cc3N3c5cc6c(cc5C(=C1)C23)c1cccc2c3ccccc3n6c21)c1cccc2c3ccccc3n4c21. The smallest absolute Gasteiger partial charge is 0.0702 e. The molecule has 0 fully saturated rings. The van der Waals surface area contributed by atoms with Crippen LogP contribution in [-0.2, 0) is 0 Å². The van der Waals surface area contributed by atoms with Crippen LogP contribution in [0.2, 0.25) is 0 Å². The van der Waals surface area contributed by atoms with Crippen LogP contribution in [0.15, 0.2) is 127 Å². The third kappa shape index (κ3) is 2.22. The molecule has 0 bridgehead atoms. The number of anilines is 2. The van der Waals surface area contributed by atoms with Crippen molar-refractivity contribution in [3.8, 4) is 0 Å². The van der Waals surface area contributed by atoms with Gasteiger partial charge in [0, 0.05) is 60.3 Å². The van der Waals surface area contributed by atoms with Gasteiger partial charge >= 0.3 is 0 Å². The summed E-state index contributed by atoms with van der Waals surface area (Å²) in [6.07, 6.45) is 7.10. The van der Waals surface area contributed by atoms with Crippen molar-refractivity contribution in [1.29, 1.82) is 0 Å². The number of fused-ring (bicyclic) bond motifs is 18. The first-order valence-corrected chi connectivity index (χ1v) is 15.9. The van der Waals surface area contributed by atoms with Crippen LogP contribution in [-0.4, -0.2) is 14.8 Å². The first kappa shape index (κ1) is 21.8. The van der Waals surface area contributed by atoms with Gasteiger partial charge in [-0.2, -0.15) is 0 Å². The summed E-state index contributed by atoms with van der Waals surface area (Å²) in [5.41, 5.74) is 14.8. The fraction of sp³-hybridized carbons (Fsp3) is 0.0476. The lowest BCUT2D eigenvalue weighted by Crippen LogP contribution is -2.26. The van der Waals surface area contributed by atoms with E-state index < -0.39 is 0 Å². The molecule has 2 atom stereocenters. The van der Waals surface area contributed by atoms with Crippen molar-refractivity contribution in [1.82, 2.24) is 8.80 Å². The summed E-state index contributed by atoms with van der Waals surface area (Å²) in [6, 6.07) is 41.7. The predicted molar refractivity (Wildman–Crippen MR) is 188 cm³/mol. The van der Waals surface area contributed by atoms with Gasteiger partial charge in [0.05, 0.1) is 44.8 Å². The Labute approximate surface area is 256 Å². The van der Waals surface area contributed by atoms with Gasteiger partial charge in [0.15, 0.2) is 0 Å². The molecule has 0 saturated heterocycles. The summed E-state index contributed by atoms with van der Waals surface area (Å²) in [4.78, 5) is 2.67. The van der Waals surface area contributed by atoms with Crippen molar-refractivity contribution in [3.63, 3.8) is 0 Å². The zero-order valence-electron chi connectivity index (χ0n) is 24.1. The number of rotatable bonds is 0. The molecular formula is C42H23N3. The topological polar surface area (TPSA) is 12.1 Å². The van der Waals surface area contributed by atoms with Crippen molar-refractivity contribution in [3.05, 3.63) is 139 Å². The first-order valence-electron chi connectivity index (χ1n) is 15.9. The third-order valence-corrected chi connectivity index (χ3v) is 11.4. The van der Waals surface area contributed by atoms with Crippen molar-refractivity contribution >= 4 is 93.1 Å². The Balaban J connectivity index is 1.16. The summed E-state index contributed by atoms with van der Waals surface area (Å²) in [7, 11) is 0. The van der Waals surface area contributed by atoms with Crippen LogP contribution in [0.5, 0.6) is 0 Å². The summed E-state index contributed by atoms with van der Waals surface area (Å²) in [5, 5.41) is 10.7. The van der Waals surface area contributed by atoms with Crippen LogP contribution < -0.4 is 4.90 Å². The van der Waals surface area contributed by atoms with Crippen LogP contribution in [0, 0.1) is 0 Å². The van der Waals surface area contributed by atoms with E-state index in [0.717, 1.165) is 0 Å². The number of hydrogen-bond acceptors (Lipinski definition) is 1. The Morgan fingerprint density at radius 3 is 1.73 bits per heavy atom. The number of allylic oxidation sites excluding steroid dienone is 2. The van der Waals surface area contributed by atoms with Crippen molar-refractivity contribution in [2.75, 3.05) is 4.90 Å². The second kappa shape index (κ2) is 6.95. The predicted octanol–water partition coefficient (Wildman–Crippen LogP) is 10.6. The minimum atomic E-state index is 0.290. The van der Waals surface area contributed by atoms with Gasteiger partial charge in [-0.05, 0) is 47.5 Å². The minimum absolute atomic E-state index is 0.290. The highest BCUT2D eigenvalue weighted by molar-refractivity contribution is 6.26. The highest BCUT2D eigenvalue weighted by Crippen LogP contribution is 2.60. The molecule has 206 valence electrons. The Hall–Kier alpha value is -5.80. The number of benzene rings is 6. The monoisotopic (exact) mass is 569 g/mol. The maximum absolute atomic E-state index is 2.67. The number of nitrogens with zero attached hydrogens (tertiary/aromatic N) is 3. The van der Waals surface area contributed by atoms with E-state index >= 15 is 0 Å². The second-order valence-corrected chi connectivity index (χ2v) is 13.3. The average molecular weight is 570 g/mol. The molecule has 10 aromatic rings. The third-order valence-electron chi connectivity index (χ3n) is 11.4. The summed E-state index contributed by atoms with van der Waals surface area (Å²) in [6.45, 7) is 0. The Morgan fingerprint density at radius 2 is 1.04 bits per heavy atom. The highest BCUT2D eigenvalue weighted by Gasteiger charge is 2.47. The number of para-hydroxylation sites is 4. The number of hydrogen-bond donors (Lipinski definition) is 0. The molecule has 1 aliphatic carbocycles. The molecule has 3 nitrogen and oxygen atoms in total. The molecule has 0 amide bonds. The van der Waals surface area contributed by atoms with E-state index in [4.69, 9.17) is 0 Å². The number of aromatic nitrogens is 2. The standard InChI is InChI=1S/C42H23N3/c1-3-16-34-22(8-1)25-11-6-14-28-32-20-37-33(19-36(32)43(34)41(25)28)29-15-7-13-27-31-18-30-26-12-5-10-24-23-9-2-4-17-35(23)44(40(24)26)38(30)21-39(31)45(37)42(27)29/h1-21,29,42H. The van der Waals surface area contributed by atoms with Crippen LogP contribution in [0.4, 0.5) is 11.4 Å². The molecule has 0 N–H and O–H groups in total. The molecule has 13 rings (SSSR count). The van der Waals surface area contributed by atoms with Gasteiger partial charge in [-0.1, -0.05) is 91.0 Å². The normalized spacial score (nSPS) is 18.7. The maximum Gasteiger partial charge on any atom is 0.0702 e. The van der Waals surface area contributed by atoms with Gasteiger partial charge in [-0.25, -0.2) is 0 Å². The van der Waals surface area contributed by atoms with Crippen LogP contribution >= 0.6 is 0 Å². The van der Waals surface area contributed by atoms with E-state index in [1.54, 1.807) is 0 Å². The van der Waals surface area contributed by atoms with E-state index in [0.29, 0.717) is 12.0 Å². The van der Waals surface area contributed by atoms with Gasteiger partial charge in [-0.15, -0.1) is 0 Å². The van der Waals surface area contributed by atoms with Crippen LogP contribution in [0.1, 0.15) is 17.0 Å². The Bertz CT molecular complexity index is 3060. The molecule has 3 aliphatic rings. The lowest BCUT2D eigenvalue weighted by molar-refractivity contribution is 0.781. The fourth-order valence-electron chi connectivity index (χ4n) is 9.78. The largest absolute Gasteiger partial charge is 0.332 e. The molecule has 6 heterocycles. The molecule has 2 unspecified atom stereocenters. The van der Waals surface area contributed by atoms with Gasteiger partial charge in [0.1, 0.15) is 0 Å². The molecule has 6 aromatic carbocycles. The molecule has 0 spiro atoms. The lowest BCUT2D eigenvalue weighted by Gasteiger charge is -2.24. The quantitative estimate of drug-likeness (QED) is 0.177. The van der Waals surface area contributed by atoms with E-state index in [1.807, 2.05) is 0 Å².